The van der Waals surface area contributed by atoms with Crippen LogP contribution in [0.3, 0.4) is 0 Å². The van der Waals surface area contributed by atoms with E-state index in [-0.39, 0.29) is 17.9 Å². The van der Waals surface area contributed by atoms with Gasteiger partial charge in [-0.2, -0.15) is 0 Å². The molecule has 0 aliphatic heterocycles. The number of carbonyl (C=O) groups excluding carboxylic acids is 1. The average Bonchev–Trinajstić information content (AvgIpc) is 2.30. The van der Waals surface area contributed by atoms with Gasteiger partial charge in [0.15, 0.2) is 0 Å². The van der Waals surface area contributed by atoms with Gasteiger partial charge >= 0.3 is 0 Å². The highest BCUT2D eigenvalue weighted by Gasteiger charge is 2.09. The summed E-state index contributed by atoms with van der Waals surface area (Å²) in [6.45, 7) is 6.63. The molecule has 0 bridgehead atoms. The van der Waals surface area contributed by atoms with Gasteiger partial charge in [-0.25, -0.2) is 0 Å². The minimum atomic E-state index is -0.349. The maximum Gasteiger partial charge on any atom is 0.221 e. The molecule has 0 saturated heterocycles. The number of amides is 1. The van der Waals surface area contributed by atoms with Crippen molar-refractivity contribution in [1.29, 1.82) is 0 Å². The van der Waals surface area contributed by atoms with Gasteiger partial charge in [0.1, 0.15) is 0 Å². The number of nitrogens with one attached hydrogen (secondary N) is 2. The molecule has 0 spiro atoms. The lowest BCUT2D eigenvalue weighted by atomic mass is 10.1. The van der Waals surface area contributed by atoms with E-state index in [1.165, 1.54) is 6.92 Å². The number of rotatable bonds is 6. The number of aliphatic hydroxyl groups is 1. The number of hydrogen-bond acceptors (Lipinski definition) is 3. The van der Waals surface area contributed by atoms with Crippen molar-refractivity contribution in [2.24, 2.45) is 5.92 Å². The maximum absolute atomic E-state index is 11.1. The highest BCUT2D eigenvalue weighted by molar-refractivity contribution is 5.89. The van der Waals surface area contributed by atoms with Gasteiger partial charge in [-0.15, -0.1) is 0 Å². The Morgan fingerprint density at radius 2 is 2.00 bits per heavy atom. The van der Waals surface area contributed by atoms with Crippen LogP contribution in [0.5, 0.6) is 0 Å². The second-order valence-corrected chi connectivity index (χ2v) is 4.78. The molecule has 0 radical (unpaired) electrons. The molecular formula is C14H22N2O2. The van der Waals surface area contributed by atoms with Crippen molar-refractivity contribution in [3.63, 3.8) is 0 Å². The van der Waals surface area contributed by atoms with E-state index in [1.807, 2.05) is 38.1 Å². The highest BCUT2D eigenvalue weighted by atomic mass is 16.3. The van der Waals surface area contributed by atoms with Crippen molar-refractivity contribution in [2.45, 2.75) is 33.4 Å². The summed E-state index contributed by atoms with van der Waals surface area (Å²) < 4.78 is 0. The largest absolute Gasteiger partial charge is 0.392 e. The van der Waals surface area contributed by atoms with E-state index in [9.17, 15) is 9.90 Å². The molecule has 4 heteroatoms. The van der Waals surface area contributed by atoms with Crippen LogP contribution < -0.4 is 10.6 Å². The fraction of sp³-hybridized carbons (Fsp3) is 0.500. The Bertz CT molecular complexity index is 391. The highest BCUT2D eigenvalue weighted by Crippen LogP contribution is 2.14. The fourth-order valence-corrected chi connectivity index (χ4v) is 1.58. The molecule has 1 aromatic rings. The van der Waals surface area contributed by atoms with Gasteiger partial charge < -0.3 is 15.7 Å². The van der Waals surface area contributed by atoms with E-state index >= 15 is 0 Å². The molecule has 1 unspecified atom stereocenters. The molecule has 1 aromatic carbocycles. The molecule has 0 aliphatic rings. The minimum absolute atomic E-state index is 0.0790. The monoisotopic (exact) mass is 250 g/mol. The molecule has 0 heterocycles. The molecule has 0 aliphatic carbocycles. The van der Waals surface area contributed by atoms with Gasteiger partial charge in [0, 0.05) is 25.7 Å². The normalized spacial score (nSPS) is 12.5. The molecule has 1 rings (SSSR count). The third-order valence-electron chi connectivity index (χ3n) is 2.77. The van der Waals surface area contributed by atoms with Crippen LogP contribution in [-0.4, -0.2) is 23.7 Å². The molecule has 4 nitrogen and oxygen atoms in total. The number of carbonyl (C=O) groups is 1. The molecule has 0 saturated carbocycles. The molecule has 1 amide bonds. The Morgan fingerprint density at radius 1 is 1.33 bits per heavy atom. The van der Waals surface area contributed by atoms with E-state index in [1.54, 1.807) is 0 Å². The van der Waals surface area contributed by atoms with Crippen LogP contribution in [0.2, 0.25) is 0 Å². The summed E-state index contributed by atoms with van der Waals surface area (Å²) in [7, 11) is 0. The number of anilines is 1. The van der Waals surface area contributed by atoms with Crippen LogP contribution in [0, 0.1) is 5.92 Å². The quantitative estimate of drug-likeness (QED) is 0.721. The predicted molar refractivity (Wildman–Crippen MR) is 73.3 cm³/mol. The number of aliphatic hydroxyl groups excluding tert-OH is 1. The van der Waals surface area contributed by atoms with E-state index in [0.29, 0.717) is 13.1 Å². The summed E-state index contributed by atoms with van der Waals surface area (Å²) >= 11 is 0. The van der Waals surface area contributed by atoms with Crippen molar-refractivity contribution in [2.75, 3.05) is 11.9 Å². The summed E-state index contributed by atoms with van der Waals surface area (Å²) in [6, 6.07) is 7.65. The zero-order valence-electron chi connectivity index (χ0n) is 11.2. The summed E-state index contributed by atoms with van der Waals surface area (Å²) in [5.74, 6) is 0.160. The van der Waals surface area contributed by atoms with Crippen molar-refractivity contribution in [1.82, 2.24) is 5.32 Å². The van der Waals surface area contributed by atoms with Gasteiger partial charge in [-0.3, -0.25) is 4.79 Å². The Hall–Kier alpha value is -1.39. The lowest BCUT2D eigenvalue weighted by Crippen LogP contribution is -2.30. The smallest absolute Gasteiger partial charge is 0.221 e. The van der Waals surface area contributed by atoms with Crippen LogP contribution in [0.25, 0.3) is 0 Å². The van der Waals surface area contributed by atoms with Crippen molar-refractivity contribution < 1.29 is 9.90 Å². The van der Waals surface area contributed by atoms with Crippen molar-refractivity contribution >= 4 is 11.6 Å². The summed E-state index contributed by atoms with van der Waals surface area (Å²) in [5.41, 5.74) is 1.83. The minimum Gasteiger partial charge on any atom is -0.392 e. The van der Waals surface area contributed by atoms with Gasteiger partial charge in [-0.05, 0) is 17.5 Å². The molecule has 1 atom stereocenters. The van der Waals surface area contributed by atoms with Crippen LogP contribution >= 0.6 is 0 Å². The molecule has 3 N–H and O–H groups in total. The Kier molecular flexibility index (Phi) is 5.82. The van der Waals surface area contributed by atoms with Gasteiger partial charge in [-0.1, -0.05) is 32.0 Å². The predicted octanol–water partition coefficient (Wildman–Crippen LogP) is 1.75. The average molecular weight is 250 g/mol. The molecular weight excluding hydrogens is 228 g/mol. The van der Waals surface area contributed by atoms with Crippen molar-refractivity contribution in [3.8, 4) is 0 Å². The zero-order chi connectivity index (χ0) is 13.5. The lowest BCUT2D eigenvalue weighted by molar-refractivity contribution is -0.114. The van der Waals surface area contributed by atoms with E-state index < -0.39 is 0 Å². The first-order valence-electron chi connectivity index (χ1n) is 6.25. The first-order chi connectivity index (χ1) is 8.50. The van der Waals surface area contributed by atoms with Gasteiger partial charge in [0.05, 0.1) is 6.10 Å². The Balaban J connectivity index is 2.53. The number of benzene rings is 1. The fourth-order valence-electron chi connectivity index (χ4n) is 1.58. The number of para-hydroxylation sites is 1. The molecule has 100 valence electrons. The Labute approximate surface area is 108 Å². The zero-order valence-corrected chi connectivity index (χ0v) is 11.2. The second-order valence-electron chi connectivity index (χ2n) is 4.78. The first-order valence-corrected chi connectivity index (χ1v) is 6.25. The third-order valence-corrected chi connectivity index (χ3v) is 2.77. The standard InChI is InChI=1S/C14H22N2O2/c1-10(2)14(18)9-15-8-12-6-4-5-7-13(12)16-11(3)17/h4-7,10,14-15,18H,8-9H2,1-3H3,(H,16,17). The molecule has 0 aromatic heterocycles. The van der Waals surface area contributed by atoms with Crippen LogP contribution in [0.15, 0.2) is 24.3 Å². The van der Waals surface area contributed by atoms with E-state index in [4.69, 9.17) is 0 Å². The van der Waals surface area contributed by atoms with Gasteiger partial charge in [0.2, 0.25) is 5.91 Å². The summed E-state index contributed by atoms with van der Waals surface area (Å²) in [6.07, 6.45) is -0.349. The maximum atomic E-state index is 11.1. The number of hydrogen-bond donors (Lipinski definition) is 3. The van der Waals surface area contributed by atoms with Crippen molar-refractivity contribution in [3.05, 3.63) is 29.8 Å². The van der Waals surface area contributed by atoms with Crippen LogP contribution in [-0.2, 0) is 11.3 Å². The third kappa shape index (κ3) is 4.85. The van der Waals surface area contributed by atoms with Crippen LogP contribution in [0.4, 0.5) is 5.69 Å². The van der Waals surface area contributed by atoms with Gasteiger partial charge in [0.25, 0.3) is 0 Å². The summed E-state index contributed by atoms with van der Waals surface area (Å²) in [5, 5.41) is 15.7. The van der Waals surface area contributed by atoms with Crippen LogP contribution in [0.1, 0.15) is 26.3 Å². The van der Waals surface area contributed by atoms with E-state index in [2.05, 4.69) is 10.6 Å². The second kappa shape index (κ2) is 7.13. The molecule has 18 heavy (non-hydrogen) atoms. The van der Waals surface area contributed by atoms with E-state index in [0.717, 1.165) is 11.3 Å². The SMILES string of the molecule is CC(=O)Nc1ccccc1CNCC(O)C(C)C. The summed E-state index contributed by atoms with van der Waals surface area (Å²) in [4.78, 5) is 11.1. The lowest BCUT2D eigenvalue weighted by Gasteiger charge is -2.16. The Morgan fingerprint density at radius 3 is 2.61 bits per heavy atom. The first kappa shape index (κ1) is 14.7. The molecule has 0 fully saturated rings. The topological polar surface area (TPSA) is 61.4 Å².